The highest BCUT2D eigenvalue weighted by Gasteiger charge is 2.17. The summed E-state index contributed by atoms with van der Waals surface area (Å²) < 4.78 is 0. The first kappa shape index (κ1) is 13.9. The lowest BCUT2D eigenvalue weighted by Crippen LogP contribution is -2.46. The molecule has 0 heterocycles. The first-order valence-corrected chi connectivity index (χ1v) is 5.49. The summed E-state index contributed by atoms with van der Waals surface area (Å²) in [6.07, 6.45) is 2.24. The van der Waals surface area contributed by atoms with Gasteiger partial charge in [-0.15, -0.1) is 0 Å². The van der Waals surface area contributed by atoms with Crippen molar-refractivity contribution in [1.29, 1.82) is 0 Å². The fourth-order valence-electron chi connectivity index (χ4n) is 1.46. The third-order valence-corrected chi connectivity index (χ3v) is 2.58. The molecule has 0 aromatic rings. The van der Waals surface area contributed by atoms with E-state index in [0.717, 1.165) is 26.1 Å². The number of nitrogens with two attached hydrogens (primary N) is 1. The average molecular weight is 201 g/mol. The molecule has 0 saturated carbocycles. The van der Waals surface area contributed by atoms with Crippen molar-refractivity contribution in [3.8, 4) is 0 Å². The van der Waals surface area contributed by atoms with E-state index >= 15 is 0 Å². The maximum atomic E-state index is 6.10. The van der Waals surface area contributed by atoms with Crippen LogP contribution in [0.5, 0.6) is 0 Å². The Morgan fingerprint density at radius 3 is 2.14 bits per heavy atom. The highest BCUT2D eigenvalue weighted by atomic mass is 15.1. The van der Waals surface area contributed by atoms with Crippen molar-refractivity contribution in [2.75, 3.05) is 40.8 Å². The maximum Gasteiger partial charge on any atom is 0.0251 e. The zero-order valence-corrected chi connectivity index (χ0v) is 10.5. The fraction of sp³-hybridized carbons (Fsp3) is 1.00. The largest absolute Gasteiger partial charge is 0.324 e. The molecule has 0 rings (SSSR count). The lowest BCUT2D eigenvalue weighted by atomic mass is 10.00. The second-order valence-corrected chi connectivity index (χ2v) is 4.90. The monoisotopic (exact) mass is 201 g/mol. The van der Waals surface area contributed by atoms with Gasteiger partial charge >= 0.3 is 0 Å². The Morgan fingerprint density at radius 2 is 1.71 bits per heavy atom. The van der Waals surface area contributed by atoms with Crippen LogP contribution >= 0.6 is 0 Å². The fourth-order valence-corrected chi connectivity index (χ4v) is 1.46. The third kappa shape index (κ3) is 7.30. The van der Waals surface area contributed by atoms with Gasteiger partial charge in [0.25, 0.3) is 0 Å². The lowest BCUT2D eigenvalue weighted by molar-refractivity contribution is 0.240. The highest BCUT2D eigenvalue weighted by molar-refractivity contribution is 4.79. The second-order valence-electron chi connectivity index (χ2n) is 4.90. The molecule has 0 saturated heterocycles. The van der Waals surface area contributed by atoms with Crippen LogP contribution in [0.25, 0.3) is 0 Å². The topological polar surface area (TPSA) is 32.5 Å². The van der Waals surface area contributed by atoms with E-state index in [1.807, 2.05) is 0 Å². The van der Waals surface area contributed by atoms with Gasteiger partial charge in [-0.25, -0.2) is 0 Å². The SMILES string of the molecule is CCC(C)(N)CN(C)CCCN(C)C. The van der Waals surface area contributed by atoms with Crippen molar-refractivity contribution in [3.63, 3.8) is 0 Å². The van der Waals surface area contributed by atoms with E-state index in [1.54, 1.807) is 0 Å². The summed E-state index contributed by atoms with van der Waals surface area (Å²) in [4.78, 5) is 4.54. The highest BCUT2D eigenvalue weighted by Crippen LogP contribution is 2.06. The number of nitrogens with zero attached hydrogens (tertiary/aromatic N) is 2. The Morgan fingerprint density at radius 1 is 1.14 bits per heavy atom. The zero-order chi connectivity index (χ0) is 11.2. The molecule has 14 heavy (non-hydrogen) atoms. The molecule has 0 amide bonds. The second kappa shape index (κ2) is 6.38. The minimum absolute atomic E-state index is 0.0349. The first-order valence-electron chi connectivity index (χ1n) is 5.49. The molecule has 0 spiro atoms. The molecule has 0 aromatic carbocycles. The Hall–Kier alpha value is -0.120. The van der Waals surface area contributed by atoms with Gasteiger partial charge in [-0.3, -0.25) is 0 Å². The summed E-state index contributed by atoms with van der Waals surface area (Å²) in [6.45, 7) is 7.53. The molecule has 0 bridgehead atoms. The van der Waals surface area contributed by atoms with Gasteiger partial charge in [0, 0.05) is 12.1 Å². The summed E-state index contributed by atoms with van der Waals surface area (Å²) in [5.74, 6) is 0. The predicted octanol–water partition coefficient (Wildman–Crippen LogP) is 0.997. The van der Waals surface area contributed by atoms with E-state index in [9.17, 15) is 0 Å². The zero-order valence-electron chi connectivity index (χ0n) is 10.5. The summed E-state index contributed by atoms with van der Waals surface area (Å²) >= 11 is 0. The summed E-state index contributed by atoms with van der Waals surface area (Å²) in [7, 11) is 6.37. The van der Waals surface area contributed by atoms with E-state index < -0.39 is 0 Å². The van der Waals surface area contributed by atoms with Crippen molar-refractivity contribution in [3.05, 3.63) is 0 Å². The molecule has 1 atom stereocenters. The van der Waals surface area contributed by atoms with Crippen molar-refractivity contribution in [2.45, 2.75) is 32.2 Å². The number of hydrogen-bond acceptors (Lipinski definition) is 3. The molecule has 0 radical (unpaired) electrons. The molecule has 0 aliphatic rings. The molecular weight excluding hydrogens is 174 g/mol. The Kier molecular flexibility index (Phi) is 6.33. The summed E-state index contributed by atoms with van der Waals surface area (Å²) in [5, 5.41) is 0. The van der Waals surface area contributed by atoms with Gasteiger partial charge in [0.05, 0.1) is 0 Å². The molecule has 0 aromatic heterocycles. The summed E-state index contributed by atoms with van der Waals surface area (Å²) in [6, 6.07) is 0. The van der Waals surface area contributed by atoms with Gasteiger partial charge in [-0.2, -0.15) is 0 Å². The van der Waals surface area contributed by atoms with Crippen molar-refractivity contribution < 1.29 is 0 Å². The minimum atomic E-state index is -0.0349. The predicted molar refractivity (Wildman–Crippen MR) is 63.6 cm³/mol. The molecule has 0 fully saturated rings. The van der Waals surface area contributed by atoms with E-state index in [0.29, 0.717) is 0 Å². The van der Waals surface area contributed by atoms with Gasteiger partial charge in [0.2, 0.25) is 0 Å². The molecule has 0 aliphatic carbocycles. The van der Waals surface area contributed by atoms with Gasteiger partial charge in [0.1, 0.15) is 0 Å². The number of hydrogen-bond donors (Lipinski definition) is 1. The van der Waals surface area contributed by atoms with Crippen molar-refractivity contribution in [2.24, 2.45) is 5.73 Å². The van der Waals surface area contributed by atoms with Gasteiger partial charge in [-0.05, 0) is 54.0 Å². The van der Waals surface area contributed by atoms with Crippen LogP contribution < -0.4 is 5.73 Å². The smallest absolute Gasteiger partial charge is 0.0251 e. The van der Waals surface area contributed by atoms with Crippen LogP contribution in [0, 0.1) is 0 Å². The van der Waals surface area contributed by atoms with Crippen molar-refractivity contribution >= 4 is 0 Å². The number of likely N-dealkylation sites (N-methyl/N-ethyl adjacent to an activating group) is 1. The molecule has 1 unspecified atom stereocenters. The number of rotatable bonds is 7. The van der Waals surface area contributed by atoms with Crippen LogP contribution in [0.1, 0.15) is 26.7 Å². The van der Waals surface area contributed by atoms with Crippen LogP contribution in [0.3, 0.4) is 0 Å². The van der Waals surface area contributed by atoms with Crippen molar-refractivity contribution in [1.82, 2.24) is 9.80 Å². The Balaban J connectivity index is 3.60. The molecule has 2 N–H and O–H groups in total. The van der Waals surface area contributed by atoms with E-state index in [-0.39, 0.29) is 5.54 Å². The van der Waals surface area contributed by atoms with E-state index in [4.69, 9.17) is 5.73 Å². The van der Waals surface area contributed by atoms with E-state index in [1.165, 1.54) is 6.42 Å². The Labute approximate surface area is 89.2 Å². The third-order valence-electron chi connectivity index (χ3n) is 2.58. The van der Waals surface area contributed by atoms with Crippen LogP contribution in [-0.2, 0) is 0 Å². The first-order chi connectivity index (χ1) is 6.37. The van der Waals surface area contributed by atoms with Crippen LogP contribution in [0.15, 0.2) is 0 Å². The van der Waals surface area contributed by atoms with E-state index in [2.05, 4.69) is 44.8 Å². The summed E-state index contributed by atoms with van der Waals surface area (Å²) in [5.41, 5.74) is 6.06. The van der Waals surface area contributed by atoms with Gasteiger partial charge in [-0.1, -0.05) is 6.92 Å². The molecule has 0 aliphatic heterocycles. The van der Waals surface area contributed by atoms with Crippen LogP contribution in [0.2, 0.25) is 0 Å². The normalized spacial score (nSPS) is 16.3. The molecular formula is C11H27N3. The quantitative estimate of drug-likeness (QED) is 0.667. The molecule has 3 nitrogen and oxygen atoms in total. The molecule has 86 valence electrons. The van der Waals surface area contributed by atoms with Gasteiger partial charge in [0.15, 0.2) is 0 Å². The van der Waals surface area contributed by atoms with Crippen LogP contribution in [-0.4, -0.2) is 56.1 Å². The van der Waals surface area contributed by atoms with Gasteiger partial charge < -0.3 is 15.5 Å². The maximum absolute atomic E-state index is 6.10. The molecule has 3 heteroatoms. The van der Waals surface area contributed by atoms with Crippen LogP contribution in [0.4, 0.5) is 0 Å². The minimum Gasteiger partial charge on any atom is -0.324 e. The standard InChI is InChI=1S/C11H27N3/c1-6-11(2,12)10-14(5)9-7-8-13(3)4/h6-10,12H2,1-5H3. The average Bonchev–Trinajstić information content (AvgIpc) is 2.02. The Bertz CT molecular complexity index is 143. The lowest BCUT2D eigenvalue weighted by Gasteiger charge is -2.29.